The summed E-state index contributed by atoms with van der Waals surface area (Å²) in [4.78, 5) is 25.4. The highest BCUT2D eigenvalue weighted by molar-refractivity contribution is 7.90. The van der Waals surface area contributed by atoms with Crippen molar-refractivity contribution in [3.05, 3.63) is 24.3 Å². The number of benzene rings is 1. The number of likely N-dealkylation sites (tertiary alicyclic amines) is 1. The molecule has 1 fully saturated rings. The summed E-state index contributed by atoms with van der Waals surface area (Å²) in [6.07, 6.45) is 3.13. The average molecular weight is 325 g/mol. The number of rotatable bonds is 4. The molecule has 0 aliphatic carbocycles. The number of sulfone groups is 1. The van der Waals surface area contributed by atoms with Crippen LogP contribution in [-0.4, -0.2) is 51.1 Å². The molecule has 7 nitrogen and oxygen atoms in total. The topological polar surface area (TPSA) is 95.6 Å². The second-order valence-electron chi connectivity index (χ2n) is 5.19. The number of nitrogens with one attached hydrogen (secondary N) is 2. The van der Waals surface area contributed by atoms with Gasteiger partial charge in [-0.1, -0.05) is 0 Å². The number of amides is 3. The first kappa shape index (κ1) is 16.3. The third-order valence-corrected chi connectivity index (χ3v) is 4.53. The number of carbonyl (C=O) groups is 2. The van der Waals surface area contributed by atoms with Gasteiger partial charge in [-0.3, -0.25) is 4.79 Å². The molecule has 2 rings (SSSR count). The third-order valence-electron chi connectivity index (χ3n) is 3.40. The van der Waals surface area contributed by atoms with Crippen LogP contribution < -0.4 is 10.6 Å². The van der Waals surface area contributed by atoms with E-state index in [0.29, 0.717) is 5.69 Å². The van der Waals surface area contributed by atoms with Gasteiger partial charge in [-0.15, -0.1) is 0 Å². The van der Waals surface area contributed by atoms with Crippen molar-refractivity contribution in [2.24, 2.45) is 0 Å². The van der Waals surface area contributed by atoms with Crippen LogP contribution in [0, 0.1) is 0 Å². The minimum Gasteiger partial charge on any atom is -0.341 e. The van der Waals surface area contributed by atoms with Gasteiger partial charge in [0.25, 0.3) is 0 Å². The van der Waals surface area contributed by atoms with Gasteiger partial charge in [-0.2, -0.15) is 0 Å². The summed E-state index contributed by atoms with van der Waals surface area (Å²) in [6.45, 7) is 1.44. The number of hydrogen-bond acceptors (Lipinski definition) is 4. The molecule has 1 aliphatic heterocycles. The average Bonchev–Trinajstić information content (AvgIpc) is 2.98. The zero-order valence-electron chi connectivity index (χ0n) is 12.3. The Morgan fingerprint density at radius 1 is 1.14 bits per heavy atom. The normalized spacial score (nSPS) is 14.7. The van der Waals surface area contributed by atoms with Crippen molar-refractivity contribution in [1.29, 1.82) is 0 Å². The number of anilines is 1. The van der Waals surface area contributed by atoms with Crippen LogP contribution in [0.5, 0.6) is 0 Å². The van der Waals surface area contributed by atoms with Crippen LogP contribution in [0.25, 0.3) is 0 Å². The molecule has 0 atom stereocenters. The van der Waals surface area contributed by atoms with E-state index in [9.17, 15) is 18.0 Å². The van der Waals surface area contributed by atoms with Crippen LogP contribution in [0.1, 0.15) is 12.8 Å². The van der Waals surface area contributed by atoms with E-state index < -0.39 is 15.9 Å². The van der Waals surface area contributed by atoms with Crippen LogP contribution in [-0.2, 0) is 14.6 Å². The highest BCUT2D eigenvalue weighted by Crippen LogP contribution is 2.13. The monoisotopic (exact) mass is 325 g/mol. The number of carbonyl (C=O) groups excluding carboxylic acids is 2. The van der Waals surface area contributed by atoms with Crippen molar-refractivity contribution >= 4 is 27.5 Å². The predicted octanol–water partition coefficient (Wildman–Crippen LogP) is 0.834. The smallest absolute Gasteiger partial charge is 0.319 e. The van der Waals surface area contributed by atoms with Gasteiger partial charge < -0.3 is 15.5 Å². The molecule has 1 heterocycles. The van der Waals surface area contributed by atoms with Crippen LogP contribution in [0.3, 0.4) is 0 Å². The van der Waals surface area contributed by atoms with Crippen molar-refractivity contribution in [3.8, 4) is 0 Å². The number of urea groups is 1. The molecule has 1 aromatic carbocycles. The zero-order valence-corrected chi connectivity index (χ0v) is 13.1. The lowest BCUT2D eigenvalue weighted by atomic mass is 10.3. The van der Waals surface area contributed by atoms with Crippen molar-refractivity contribution in [2.45, 2.75) is 17.7 Å². The summed E-state index contributed by atoms with van der Waals surface area (Å²) >= 11 is 0. The number of nitrogens with zero attached hydrogens (tertiary/aromatic N) is 1. The Labute approximate surface area is 129 Å². The lowest BCUT2D eigenvalue weighted by molar-refractivity contribution is -0.128. The fourth-order valence-electron chi connectivity index (χ4n) is 2.19. The Morgan fingerprint density at radius 2 is 1.73 bits per heavy atom. The van der Waals surface area contributed by atoms with E-state index in [-0.39, 0.29) is 17.3 Å². The van der Waals surface area contributed by atoms with E-state index >= 15 is 0 Å². The molecule has 3 amide bonds. The molecule has 1 aromatic rings. The largest absolute Gasteiger partial charge is 0.341 e. The van der Waals surface area contributed by atoms with Crippen LogP contribution in [0.15, 0.2) is 29.2 Å². The quantitative estimate of drug-likeness (QED) is 0.857. The van der Waals surface area contributed by atoms with Gasteiger partial charge in [-0.25, -0.2) is 13.2 Å². The summed E-state index contributed by atoms with van der Waals surface area (Å²) in [5, 5.41) is 5.04. The van der Waals surface area contributed by atoms with Crippen molar-refractivity contribution in [3.63, 3.8) is 0 Å². The lowest BCUT2D eigenvalue weighted by Crippen LogP contribution is -2.40. The Bertz CT molecular complexity index is 649. The SMILES string of the molecule is CS(=O)(=O)c1ccc(NC(=O)NCC(=O)N2CCCC2)cc1. The summed E-state index contributed by atoms with van der Waals surface area (Å²) in [7, 11) is -3.26. The van der Waals surface area contributed by atoms with Crippen molar-refractivity contribution in [2.75, 3.05) is 31.2 Å². The van der Waals surface area contributed by atoms with Crippen LogP contribution >= 0.6 is 0 Å². The van der Waals surface area contributed by atoms with Crippen molar-refractivity contribution < 1.29 is 18.0 Å². The van der Waals surface area contributed by atoms with E-state index in [4.69, 9.17) is 0 Å². The van der Waals surface area contributed by atoms with Gasteiger partial charge in [0.2, 0.25) is 5.91 Å². The van der Waals surface area contributed by atoms with E-state index in [1.807, 2.05) is 0 Å². The molecule has 2 N–H and O–H groups in total. The summed E-state index contributed by atoms with van der Waals surface area (Å²) in [6, 6.07) is 5.33. The Kier molecular flexibility index (Phi) is 5.02. The Balaban J connectivity index is 1.83. The Morgan fingerprint density at radius 3 is 2.27 bits per heavy atom. The molecule has 1 aliphatic rings. The van der Waals surface area contributed by atoms with E-state index in [2.05, 4.69) is 10.6 Å². The molecule has 22 heavy (non-hydrogen) atoms. The molecular weight excluding hydrogens is 306 g/mol. The highest BCUT2D eigenvalue weighted by Gasteiger charge is 2.18. The molecule has 1 saturated heterocycles. The molecule has 0 radical (unpaired) electrons. The lowest BCUT2D eigenvalue weighted by Gasteiger charge is -2.15. The molecule has 0 saturated carbocycles. The van der Waals surface area contributed by atoms with E-state index in [1.165, 1.54) is 24.3 Å². The van der Waals surface area contributed by atoms with Crippen LogP contribution in [0.2, 0.25) is 0 Å². The fourth-order valence-corrected chi connectivity index (χ4v) is 2.83. The molecular formula is C14H19N3O4S. The highest BCUT2D eigenvalue weighted by atomic mass is 32.2. The van der Waals surface area contributed by atoms with Gasteiger partial charge in [0.05, 0.1) is 11.4 Å². The van der Waals surface area contributed by atoms with Gasteiger partial charge in [0.15, 0.2) is 9.84 Å². The van der Waals surface area contributed by atoms with Gasteiger partial charge in [0, 0.05) is 25.0 Å². The first-order valence-corrected chi connectivity index (χ1v) is 8.88. The summed E-state index contributed by atoms with van der Waals surface area (Å²) < 4.78 is 22.7. The van der Waals surface area contributed by atoms with Crippen LogP contribution in [0.4, 0.5) is 10.5 Å². The minimum absolute atomic E-state index is 0.0484. The first-order chi connectivity index (χ1) is 10.4. The van der Waals surface area contributed by atoms with Crippen molar-refractivity contribution in [1.82, 2.24) is 10.2 Å². The Hall–Kier alpha value is -2.09. The molecule has 0 unspecified atom stereocenters. The molecule has 8 heteroatoms. The standard InChI is InChI=1S/C14H19N3O4S/c1-22(20,21)12-6-4-11(5-7-12)16-14(19)15-10-13(18)17-8-2-3-9-17/h4-7H,2-3,8-10H2,1H3,(H2,15,16,19). The van der Waals surface area contributed by atoms with Gasteiger partial charge in [0.1, 0.15) is 0 Å². The fraction of sp³-hybridized carbons (Fsp3) is 0.429. The second-order valence-corrected chi connectivity index (χ2v) is 7.21. The molecule has 0 spiro atoms. The first-order valence-electron chi connectivity index (χ1n) is 6.99. The maximum absolute atomic E-state index is 11.8. The van der Waals surface area contributed by atoms with Gasteiger partial charge in [-0.05, 0) is 37.1 Å². The molecule has 0 aromatic heterocycles. The molecule has 120 valence electrons. The molecule has 0 bridgehead atoms. The predicted molar refractivity (Wildman–Crippen MR) is 82.4 cm³/mol. The minimum atomic E-state index is -3.26. The maximum Gasteiger partial charge on any atom is 0.319 e. The van der Waals surface area contributed by atoms with E-state index in [0.717, 1.165) is 32.2 Å². The third kappa shape index (κ3) is 4.45. The maximum atomic E-state index is 11.8. The van der Waals surface area contributed by atoms with E-state index in [1.54, 1.807) is 4.90 Å². The second kappa shape index (κ2) is 6.78. The van der Waals surface area contributed by atoms with Gasteiger partial charge >= 0.3 is 6.03 Å². The number of hydrogen-bond donors (Lipinski definition) is 2. The summed E-state index contributed by atoms with van der Waals surface area (Å²) in [5.74, 6) is -0.0972. The zero-order chi connectivity index (χ0) is 16.2. The summed E-state index contributed by atoms with van der Waals surface area (Å²) in [5.41, 5.74) is 0.457.